The van der Waals surface area contributed by atoms with Crippen LogP contribution in [0.15, 0.2) is 42.7 Å². The molecule has 3 aromatic rings. The molecule has 2 aromatic heterocycles. The van der Waals surface area contributed by atoms with E-state index >= 15 is 0 Å². The number of hydrogen-bond donors (Lipinski definition) is 1. The van der Waals surface area contributed by atoms with Crippen molar-refractivity contribution >= 4 is 34.3 Å². The number of nitrogens with zero attached hydrogens (tertiary/aromatic N) is 6. The largest absolute Gasteiger partial charge is 0.465 e. The van der Waals surface area contributed by atoms with Gasteiger partial charge in [0.15, 0.2) is 5.82 Å². The third-order valence-corrected chi connectivity index (χ3v) is 7.65. The predicted molar refractivity (Wildman–Crippen MR) is 139 cm³/mol. The zero-order valence-corrected chi connectivity index (χ0v) is 21.3. The summed E-state index contributed by atoms with van der Waals surface area (Å²) in [6.07, 6.45) is 2.41. The van der Waals surface area contributed by atoms with E-state index in [1.54, 1.807) is 24.5 Å². The molecule has 38 heavy (non-hydrogen) atoms. The fourth-order valence-electron chi connectivity index (χ4n) is 5.38. The number of fused-ring (bicyclic) bond motifs is 1. The van der Waals surface area contributed by atoms with Gasteiger partial charge in [0.05, 0.1) is 0 Å². The minimum atomic E-state index is -2.65. The van der Waals surface area contributed by atoms with Gasteiger partial charge in [-0.2, -0.15) is 0 Å². The Kier molecular flexibility index (Phi) is 6.85. The van der Waals surface area contributed by atoms with Gasteiger partial charge in [-0.15, -0.1) is 10.2 Å². The molecule has 200 valence electrons. The third kappa shape index (κ3) is 4.97. The van der Waals surface area contributed by atoms with Crippen molar-refractivity contribution in [1.82, 2.24) is 20.1 Å². The van der Waals surface area contributed by atoms with Crippen LogP contribution in [-0.2, 0) is 4.79 Å². The van der Waals surface area contributed by atoms with Crippen LogP contribution >= 0.6 is 0 Å². The molecule has 2 amide bonds. The standard InChI is InChI=1S/C27H30F2N6O3/c1-17-16-34(13-14-35(17)25(36)19-7-10-27(28,29)11-8-19)24-22-15-30-12-9-21(22)23(31-32-24)18-3-5-20(6-4-18)33(2)26(37)38/h3-6,9,12,15,17,19H,7-8,10-11,13-14,16H2,1-2H3,(H,37,38). The highest BCUT2D eigenvalue weighted by molar-refractivity contribution is 6.00. The summed E-state index contributed by atoms with van der Waals surface area (Å²) in [6.45, 7) is 3.55. The maximum Gasteiger partial charge on any atom is 0.411 e. The molecule has 1 unspecified atom stereocenters. The second kappa shape index (κ2) is 10.1. The first-order valence-electron chi connectivity index (χ1n) is 12.8. The number of alkyl halides is 2. The van der Waals surface area contributed by atoms with E-state index in [2.05, 4.69) is 20.1 Å². The highest BCUT2D eigenvalue weighted by Gasteiger charge is 2.40. The Balaban J connectivity index is 1.35. The summed E-state index contributed by atoms with van der Waals surface area (Å²) in [6, 6.07) is 8.83. The van der Waals surface area contributed by atoms with E-state index in [4.69, 9.17) is 0 Å². The molecule has 3 heterocycles. The SMILES string of the molecule is CC1CN(c2nnc(-c3ccc(N(C)C(=O)O)cc3)c3ccncc23)CCN1C(=O)C1CCC(F)(F)CC1. The Bertz CT molecular complexity index is 1340. The van der Waals surface area contributed by atoms with Crippen molar-refractivity contribution in [3.8, 4) is 11.3 Å². The summed E-state index contributed by atoms with van der Waals surface area (Å²) in [5, 5.41) is 20.0. The van der Waals surface area contributed by atoms with Crippen molar-refractivity contribution in [1.29, 1.82) is 0 Å². The molecule has 9 nitrogen and oxygen atoms in total. The van der Waals surface area contributed by atoms with Gasteiger partial charge in [-0.25, -0.2) is 13.6 Å². The van der Waals surface area contributed by atoms with Crippen LogP contribution in [0.2, 0.25) is 0 Å². The van der Waals surface area contributed by atoms with Gasteiger partial charge in [-0.1, -0.05) is 12.1 Å². The molecule has 2 fully saturated rings. The summed E-state index contributed by atoms with van der Waals surface area (Å²) in [5.74, 6) is -2.35. The van der Waals surface area contributed by atoms with Gasteiger partial charge in [0.2, 0.25) is 11.8 Å². The average Bonchev–Trinajstić information content (AvgIpc) is 2.91. The highest BCUT2D eigenvalue weighted by Crippen LogP contribution is 2.38. The maximum absolute atomic E-state index is 13.6. The summed E-state index contributed by atoms with van der Waals surface area (Å²) in [7, 11) is 1.48. The molecule has 1 N–H and O–H groups in total. The van der Waals surface area contributed by atoms with Crippen molar-refractivity contribution in [3.05, 3.63) is 42.7 Å². The molecule has 1 atom stereocenters. The quantitative estimate of drug-likeness (QED) is 0.529. The highest BCUT2D eigenvalue weighted by atomic mass is 19.3. The van der Waals surface area contributed by atoms with Gasteiger partial charge in [0.25, 0.3) is 0 Å². The van der Waals surface area contributed by atoms with E-state index < -0.39 is 12.0 Å². The fourth-order valence-corrected chi connectivity index (χ4v) is 5.38. The molecule has 11 heteroatoms. The molecule has 1 saturated heterocycles. The van der Waals surface area contributed by atoms with Crippen LogP contribution in [-0.4, -0.2) is 75.8 Å². The molecular weight excluding hydrogens is 494 g/mol. The van der Waals surface area contributed by atoms with Gasteiger partial charge in [0, 0.05) is 85.9 Å². The lowest BCUT2D eigenvalue weighted by Gasteiger charge is -2.42. The lowest BCUT2D eigenvalue weighted by Crippen LogP contribution is -2.56. The van der Waals surface area contributed by atoms with E-state index in [0.717, 1.165) is 21.2 Å². The molecule has 1 aliphatic carbocycles. The minimum absolute atomic E-state index is 0.0300. The van der Waals surface area contributed by atoms with Crippen LogP contribution in [0, 0.1) is 5.92 Å². The number of carbonyl (C=O) groups is 2. The summed E-state index contributed by atoms with van der Waals surface area (Å²) in [5.41, 5.74) is 2.00. The van der Waals surface area contributed by atoms with Crippen molar-refractivity contribution in [2.75, 3.05) is 36.5 Å². The lowest BCUT2D eigenvalue weighted by molar-refractivity contribution is -0.142. The Morgan fingerprint density at radius 3 is 2.42 bits per heavy atom. The Hall–Kier alpha value is -3.89. The van der Waals surface area contributed by atoms with Gasteiger partial charge in [-0.05, 0) is 38.0 Å². The number of rotatable bonds is 4. The van der Waals surface area contributed by atoms with Crippen LogP contribution in [0.3, 0.4) is 0 Å². The minimum Gasteiger partial charge on any atom is -0.465 e. The molecule has 1 aliphatic heterocycles. The number of halogens is 2. The van der Waals surface area contributed by atoms with Crippen molar-refractivity contribution in [2.45, 2.75) is 44.6 Å². The van der Waals surface area contributed by atoms with E-state index in [0.29, 0.717) is 36.8 Å². The van der Waals surface area contributed by atoms with Crippen molar-refractivity contribution < 1.29 is 23.5 Å². The number of pyridine rings is 1. The molecule has 2 aliphatic rings. The summed E-state index contributed by atoms with van der Waals surface area (Å²) in [4.78, 5) is 33.7. The first-order chi connectivity index (χ1) is 18.1. The van der Waals surface area contributed by atoms with Gasteiger partial charge >= 0.3 is 6.09 Å². The molecule has 5 rings (SSSR count). The monoisotopic (exact) mass is 524 g/mol. The zero-order chi connectivity index (χ0) is 27.0. The lowest BCUT2D eigenvalue weighted by atomic mass is 9.85. The number of hydrogen-bond acceptors (Lipinski definition) is 6. The second-order valence-corrected chi connectivity index (χ2v) is 10.1. The Morgan fingerprint density at radius 2 is 1.76 bits per heavy atom. The molecule has 1 saturated carbocycles. The molecule has 0 radical (unpaired) electrons. The van der Waals surface area contributed by atoms with E-state index in [-0.39, 0.29) is 43.6 Å². The number of benzene rings is 1. The number of piperazine rings is 1. The van der Waals surface area contributed by atoms with Gasteiger partial charge < -0.3 is 14.9 Å². The average molecular weight is 525 g/mol. The summed E-state index contributed by atoms with van der Waals surface area (Å²) < 4.78 is 27.1. The molecular formula is C27H30F2N6O3. The van der Waals surface area contributed by atoms with E-state index in [9.17, 15) is 23.5 Å². The Morgan fingerprint density at radius 1 is 1.05 bits per heavy atom. The molecule has 0 bridgehead atoms. The number of aromatic nitrogens is 3. The maximum atomic E-state index is 13.6. The Labute approximate surface area is 219 Å². The molecule has 1 aromatic carbocycles. The number of amides is 2. The second-order valence-electron chi connectivity index (χ2n) is 10.1. The van der Waals surface area contributed by atoms with Gasteiger partial charge in [0.1, 0.15) is 5.69 Å². The van der Waals surface area contributed by atoms with Crippen LogP contribution in [0.4, 0.5) is 25.1 Å². The first-order valence-corrected chi connectivity index (χ1v) is 12.8. The van der Waals surface area contributed by atoms with Crippen LogP contribution in [0.5, 0.6) is 0 Å². The number of carboxylic acid groups (broad SMARTS) is 1. The van der Waals surface area contributed by atoms with Crippen LogP contribution in [0.25, 0.3) is 22.0 Å². The predicted octanol–water partition coefficient (Wildman–Crippen LogP) is 4.67. The van der Waals surface area contributed by atoms with Gasteiger partial charge in [-0.3, -0.25) is 14.7 Å². The topological polar surface area (TPSA) is 103 Å². The normalized spacial score (nSPS) is 19.9. The van der Waals surface area contributed by atoms with E-state index in [1.807, 2.05) is 30.0 Å². The van der Waals surface area contributed by atoms with Crippen molar-refractivity contribution in [2.24, 2.45) is 5.92 Å². The molecule has 0 spiro atoms. The smallest absolute Gasteiger partial charge is 0.411 e. The van der Waals surface area contributed by atoms with E-state index in [1.165, 1.54) is 7.05 Å². The van der Waals surface area contributed by atoms with Crippen LogP contribution < -0.4 is 9.80 Å². The third-order valence-electron chi connectivity index (χ3n) is 7.65. The fraction of sp³-hybridized carbons (Fsp3) is 0.444. The summed E-state index contributed by atoms with van der Waals surface area (Å²) >= 11 is 0. The number of anilines is 2. The van der Waals surface area contributed by atoms with Crippen molar-refractivity contribution in [3.63, 3.8) is 0 Å². The number of carbonyl (C=O) groups excluding carboxylic acids is 1. The van der Waals surface area contributed by atoms with Crippen LogP contribution in [0.1, 0.15) is 32.6 Å². The first kappa shape index (κ1) is 25.7. The zero-order valence-electron chi connectivity index (χ0n) is 21.3.